The van der Waals surface area contributed by atoms with Crippen LogP contribution in [0.15, 0.2) is 12.2 Å². The van der Waals surface area contributed by atoms with Crippen molar-refractivity contribution in [1.82, 2.24) is 0 Å². The van der Waals surface area contributed by atoms with Gasteiger partial charge in [-0.25, -0.2) is 0 Å². The molecule has 2 heterocycles. The summed E-state index contributed by atoms with van der Waals surface area (Å²) in [5.74, 6) is 0.977. The summed E-state index contributed by atoms with van der Waals surface area (Å²) in [6.07, 6.45) is 4.86. The summed E-state index contributed by atoms with van der Waals surface area (Å²) in [6.45, 7) is 2.70. The number of ketones is 1. The van der Waals surface area contributed by atoms with Crippen LogP contribution in [0, 0.1) is 17.8 Å². The Hall–Kier alpha value is -0.670. The minimum Gasteiger partial charge on any atom is -0.343 e. The number of hydrogen-bond donors (Lipinski definition) is 0. The van der Waals surface area contributed by atoms with Gasteiger partial charge in [-0.1, -0.05) is 19.1 Å². The summed E-state index contributed by atoms with van der Waals surface area (Å²) in [5.41, 5.74) is 0. The van der Waals surface area contributed by atoms with E-state index in [2.05, 4.69) is 19.1 Å². The second-order valence-corrected chi connectivity index (χ2v) is 4.45. The van der Waals surface area contributed by atoms with Gasteiger partial charge in [0.15, 0.2) is 5.78 Å². The second-order valence-electron chi connectivity index (χ2n) is 4.45. The molecule has 0 aromatic rings. The molecule has 3 heteroatoms. The third-order valence-electron chi connectivity index (χ3n) is 3.62. The van der Waals surface area contributed by atoms with Crippen molar-refractivity contribution in [1.29, 1.82) is 0 Å². The maximum absolute atomic E-state index is 11.9. The minimum atomic E-state index is -0.560. The first-order chi connectivity index (χ1) is 6.77. The van der Waals surface area contributed by atoms with E-state index in [-0.39, 0.29) is 17.8 Å². The Morgan fingerprint density at radius 2 is 2.36 bits per heavy atom. The Bertz CT molecular complexity index is 297. The van der Waals surface area contributed by atoms with E-state index in [1.807, 2.05) is 0 Å². The molecule has 2 fully saturated rings. The number of hydrogen-bond acceptors (Lipinski definition) is 3. The lowest BCUT2D eigenvalue weighted by Gasteiger charge is -2.38. The SMILES string of the molecule is C[C@@H]1C=CC[C@H]2[C@@H]1C(=O)[C@H]1OC[C@@H]2O1. The molecule has 0 radical (unpaired) electrons. The van der Waals surface area contributed by atoms with Crippen molar-refractivity contribution in [2.24, 2.45) is 17.8 Å². The number of carbonyl (C=O) groups is 1. The average Bonchev–Trinajstić information content (AvgIpc) is 2.60. The van der Waals surface area contributed by atoms with Gasteiger partial charge in [-0.3, -0.25) is 4.79 Å². The average molecular weight is 194 g/mol. The van der Waals surface area contributed by atoms with Crippen LogP contribution in [0.2, 0.25) is 0 Å². The fraction of sp³-hybridized carbons (Fsp3) is 0.727. The number of fused-ring (bicyclic) bond motifs is 4. The molecule has 0 spiro atoms. The lowest BCUT2D eigenvalue weighted by Crippen LogP contribution is -2.47. The number of carbonyl (C=O) groups excluding carboxylic acids is 1. The molecule has 0 aromatic heterocycles. The van der Waals surface area contributed by atoms with Gasteiger partial charge >= 0.3 is 0 Å². The molecule has 0 N–H and O–H groups in total. The van der Waals surface area contributed by atoms with Crippen LogP contribution in [0.5, 0.6) is 0 Å². The van der Waals surface area contributed by atoms with Gasteiger partial charge in [0.1, 0.15) is 0 Å². The number of allylic oxidation sites excluding steroid dienone is 2. The summed E-state index contributed by atoms with van der Waals surface area (Å²) in [7, 11) is 0. The second kappa shape index (κ2) is 2.91. The molecule has 3 aliphatic rings. The molecule has 0 aromatic carbocycles. The molecule has 76 valence electrons. The van der Waals surface area contributed by atoms with E-state index in [0.29, 0.717) is 18.4 Å². The van der Waals surface area contributed by atoms with Crippen molar-refractivity contribution in [2.45, 2.75) is 25.7 Å². The standard InChI is InChI=1S/C11H14O3/c1-6-3-2-4-7-8-5-13-11(14-8)10(12)9(6)7/h2-3,6-9,11H,4-5H2,1H3/t6-,7-,8+,9-,11+/m1/s1. The zero-order valence-electron chi connectivity index (χ0n) is 8.18. The highest BCUT2D eigenvalue weighted by atomic mass is 16.7. The molecule has 0 saturated carbocycles. The maximum atomic E-state index is 11.9. The largest absolute Gasteiger partial charge is 0.343 e. The molecule has 2 bridgehead atoms. The van der Waals surface area contributed by atoms with Crippen molar-refractivity contribution in [3.05, 3.63) is 12.2 Å². The molecule has 2 aliphatic heterocycles. The third-order valence-corrected chi connectivity index (χ3v) is 3.62. The molecule has 1 aliphatic carbocycles. The van der Waals surface area contributed by atoms with Crippen LogP contribution >= 0.6 is 0 Å². The Balaban J connectivity index is 1.97. The van der Waals surface area contributed by atoms with Crippen molar-refractivity contribution >= 4 is 5.78 Å². The highest BCUT2D eigenvalue weighted by molar-refractivity contribution is 5.86. The van der Waals surface area contributed by atoms with E-state index in [0.717, 1.165) is 6.42 Å². The van der Waals surface area contributed by atoms with Crippen LogP contribution < -0.4 is 0 Å². The van der Waals surface area contributed by atoms with E-state index < -0.39 is 6.29 Å². The third kappa shape index (κ3) is 1.03. The van der Waals surface area contributed by atoms with Gasteiger partial charge in [-0.05, 0) is 12.3 Å². The first-order valence-corrected chi connectivity index (χ1v) is 5.25. The molecular weight excluding hydrogens is 180 g/mol. The Morgan fingerprint density at radius 1 is 1.50 bits per heavy atom. The first kappa shape index (κ1) is 8.62. The number of Topliss-reactive ketones (excluding diaryl/α,β-unsaturated/α-hetero) is 1. The molecule has 5 atom stereocenters. The topological polar surface area (TPSA) is 35.5 Å². The van der Waals surface area contributed by atoms with E-state index in [9.17, 15) is 4.79 Å². The monoisotopic (exact) mass is 194 g/mol. The van der Waals surface area contributed by atoms with Gasteiger partial charge in [0.05, 0.1) is 12.7 Å². The number of rotatable bonds is 0. The van der Waals surface area contributed by atoms with Crippen LogP contribution in [-0.4, -0.2) is 24.8 Å². The van der Waals surface area contributed by atoms with Crippen LogP contribution in [0.4, 0.5) is 0 Å². The molecule has 0 unspecified atom stereocenters. The first-order valence-electron chi connectivity index (χ1n) is 5.25. The summed E-state index contributed by atoms with van der Waals surface area (Å²) in [6, 6.07) is 0. The summed E-state index contributed by atoms with van der Waals surface area (Å²) < 4.78 is 10.9. The Labute approximate surface area is 83.1 Å². The smallest absolute Gasteiger partial charge is 0.218 e. The quantitative estimate of drug-likeness (QED) is 0.542. The molecule has 3 rings (SSSR count). The van der Waals surface area contributed by atoms with Crippen molar-refractivity contribution < 1.29 is 14.3 Å². The van der Waals surface area contributed by atoms with E-state index in [4.69, 9.17) is 9.47 Å². The van der Waals surface area contributed by atoms with E-state index >= 15 is 0 Å². The van der Waals surface area contributed by atoms with Crippen molar-refractivity contribution in [2.75, 3.05) is 6.61 Å². The van der Waals surface area contributed by atoms with Gasteiger partial charge in [-0.15, -0.1) is 0 Å². The lowest BCUT2D eigenvalue weighted by molar-refractivity contribution is -0.168. The highest BCUT2D eigenvalue weighted by Gasteiger charge is 2.51. The van der Waals surface area contributed by atoms with Gasteiger partial charge < -0.3 is 9.47 Å². The normalized spacial score (nSPS) is 50.6. The maximum Gasteiger partial charge on any atom is 0.218 e. The van der Waals surface area contributed by atoms with Gasteiger partial charge in [0.25, 0.3) is 0 Å². The van der Waals surface area contributed by atoms with Crippen molar-refractivity contribution in [3.8, 4) is 0 Å². The molecule has 3 nitrogen and oxygen atoms in total. The van der Waals surface area contributed by atoms with Crippen molar-refractivity contribution in [3.63, 3.8) is 0 Å². The van der Waals surface area contributed by atoms with Gasteiger partial charge in [0, 0.05) is 11.8 Å². The van der Waals surface area contributed by atoms with Crippen LogP contribution in [0.25, 0.3) is 0 Å². The van der Waals surface area contributed by atoms with Gasteiger partial charge in [0.2, 0.25) is 6.29 Å². The van der Waals surface area contributed by atoms with E-state index in [1.54, 1.807) is 0 Å². The fourth-order valence-electron chi connectivity index (χ4n) is 2.91. The van der Waals surface area contributed by atoms with E-state index in [1.165, 1.54) is 0 Å². The fourth-order valence-corrected chi connectivity index (χ4v) is 2.91. The summed E-state index contributed by atoms with van der Waals surface area (Å²) >= 11 is 0. The summed E-state index contributed by atoms with van der Waals surface area (Å²) in [5, 5.41) is 0. The zero-order chi connectivity index (χ0) is 9.71. The van der Waals surface area contributed by atoms with Gasteiger partial charge in [-0.2, -0.15) is 0 Å². The van der Waals surface area contributed by atoms with Crippen LogP contribution in [0.1, 0.15) is 13.3 Å². The molecule has 14 heavy (non-hydrogen) atoms. The van der Waals surface area contributed by atoms with Crippen LogP contribution in [-0.2, 0) is 14.3 Å². The Kier molecular flexibility index (Phi) is 1.79. The molecular formula is C11H14O3. The lowest BCUT2D eigenvalue weighted by atomic mass is 9.71. The van der Waals surface area contributed by atoms with Crippen LogP contribution in [0.3, 0.4) is 0 Å². The predicted molar refractivity (Wildman–Crippen MR) is 49.5 cm³/mol. The predicted octanol–water partition coefficient (Wildman–Crippen LogP) is 1.14. The molecule has 2 saturated heterocycles. The Morgan fingerprint density at radius 3 is 3.21 bits per heavy atom. The highest BCUT2D eigenvalue weighted by Crippen LogP contribution is 2.42. The molecule has 0 amide bonds. The number of ether oxygens (including phenoxy) is 2. The zero-order valence-corrected chi connectivity index (χ0v) is 8.18. The minimum absolute atomic E-state index is 0.131. The summed E-state index contributed by atoms with van der Waals surface area (Å²) in [4.78, 5) is 11.9.